The van der Waals surface area contributed by atoms with Crippen LogP contribution in [0.5, 0.6) is 0 Å². The minimum atomic E-state index is -1.44. The number of carbonyl (C=O) groups excluding carboxylic acids is 2. The van der Waals surface area contributed by atoms with E-state index in [0.717, 1.165) is 4.90 Å². The minimum Gasteiger partial charge on any atom is -0.447 e. The molecule has 0 aromatic heterocycles. The quantitative estimate of drug-likeness (QED) is 0.509. The van der Waals surface area contributed by atoms with Crippen molar-refractivity contribution < 1.29 is 19.4 Å². The van der Waals surface area contributed by atoms with Gasteiger partial charge in [-0.2, -0.15) is 0 Å². The van der Waals surface area contributed by atoms with Gasteiger partial charge >= 0.3 is 6.09 Å². The monoisotopic (exact) mass is 318 g/mol. The Morgan fingerprint density at radius 3 is 2.65 bits per heavy atom. The van der Waals surface area contributed by atoms with Gasteiger partial charge in [-0.3, -0.25) is 4.79 Å². The summed E-state index contributed by atoms with van der Waals surface area (Å²) in [4.78, 5) is 28.1. The van der Waals surface area contributed by atoms with Gasteiger partial charge in [0.2, 0.25) is 5.91 Å². The van der Waals surface area contributed by atoms with E-state index in [2.05, 4.69) is 10.0 Å². The van der Waals surface area contributed by atoms with E-state index >= 15 is 0 Å². The summed E-state index contributed by atoms with van der Waals surface area (Å²) in [5, 5.41) is 13.8. The fourth-order valence-corrected chi connectivity index (χ4v) is 2.46. The molecule has 1 aromatic rings. The van der Waals surface area contributed by atoms with Gasteiger partial charge in [-0.25, -0.2) is 9.69 Å². The predicted octanol–water partition coefficient (Wildman–Crippen LogP) is 2.40. The number of benzene rings is 1. The molecule has 1 N–H and O–H groups in total. The number of aliphatic hydroxyl groups is 1. The highest BCUT2D eigenvalue weighted by molar-refractivity contribution is 5.97. The molecule has 0 saturated carbocycles. The van der Waals surface area contributed by atoms with Crippen LogP contribution in [-0.4, -0.2) is 40.7 Å². The van der Waals surface area contributed by atoms with Crippen molar-refractivity contribution in [1.29, 1.82) is 0 Å². The van der Waals surface area contributed by atoms with Crippen molar-refractivity contribution in [3.05, 3.63) is 46.3 Å². The van der Waals surface area contributed by atoms with Crippen molar-refractivity contribution in [2.45, 2.75) is 32.0 Å². The number of azide groups is 1. The van der Waals surface area contributed by atoms with E-state index in [1.54, 1.807) is 30.3 Å². The summed E-state index contributed by atoms with van der Waals surface area (Å²) in [5.74, 6) is -0.786. The molecule has 3 atom stereocenters. The third-order valence-electron chi connectivity index (χ3n) is 3.78. The van der Waals surface area contributed by atoms with E-state index < -0.39 is 30.2 Å². The molecule has 1 heterocycles. The first kappa shape index (κ1) is 16.8. The summed E-state index contributed by atoms with van der Waals surface area (Å²) in [6.45, 7) is 3.79. The molecule has 1 aliphatic rings. The van der Waals surface area contributed by atoms with Crippen LogP contribution >= 0.6 is 0 Å². The molecule has 0 bridgehead atoms. The van der Waals surface area contributed by atoms with Gasteiger partial charge < -0.3 is 9.84 Å². The van der Waals surface area contributed by atoms with E-state index in [9.17, 15) is 14.7 Å². The molecule has 0 spiro atoms. The molecule has 8 nitrogen and oxygen atoms in total. The second kappa shape index (κ2) is 7.13. The van der Waals surface area contributed by atoms with Crippen LogP contribution < -0.4 is 0 Å². The molecule has 1 aromatic carbocycles. The first-order chi connectivity index (χ1) is 11.0. The summed E-state index contributed by atoms with van der Waals surface area (Å²) in [6.07, 6.45) is -2.13. The van der Waals surface area contributed by atoms with Crippen LogP contribution in [0.25, 0.3) is 10.4 Å². The van der Waals surface area contributed by atoms with E-state index in [1.165, 1.54) is 0 Å². The number of ether oxygens (including phenoxy) is 1. The molecular weight excluding hydrogens is 300 g/mol. The van der Waals surface area contributed by atoms with Crippen molar-refractivity contribution in [3.8, 4) is 0 Å². The lowest BCUT2D eigenvalue weighted by Crippen LogP contribution is -2.47. The Kier molecular flexibility index (Phi) is 5.20. The Hall–Kier alpha value is -2.57. The predicted molar refractivity (Wildman–Crippen MR) is 81.2 cm³/mol. The zero-order chi connectivity index (χ0) is 17.0. The summed E-state index contributed by atoms with van der Waals surface area (Å²) < 4.78 is 4.92. The molecule has 1 aliphatic heterocycles. The maximum Gasteiger partial charge on any atom is 0.416 e. The van der Waals surface area contributed by atoms with Crippen LogP contribution in [0.1, 0.15) is 25.5 Å². The summed E-state index contributed by atoms with van der Waals surface area (Å²) >= 11 is 0. The molecule has 0 radical (unpaired) electrons. The SMILES string of the molecule is CC(C)[C@@H]1COC(=O)N1C(=O)[C@H](N=[N+]=[N-])[C@H](O)c1ccccc1. The Labute approximate surface area is 133 Å². The zero-order valence-corrected chi connectivity index (χ0v) is 12.9. The molecule has 8 heteroatoms. The third kappa shape index (κ3) is 3.44. The largest absolute Gasteiger partial charge is 0.447 e. The molecule has 0 aliphatic carbocycles. The fraction of sp³-hybridized carbons (Fsp3) is 0.467. The Morgan fingerprint density at radius 1 is 1.43 bits per heavy atom. The van der Waals surface area contributed by atoms with Gasteiger partial charge in [0.25, 0.3) is 0 Å². The highest BCUT2D eigenvalue weighted by Crippen LogP contribution is 2.26. The lowest BCUT2D eigenvalue weighted by Gasteiger charge is -2.27. The Bertz CT molecular complexity index is 628. The number of hydrogen-bond donors (Lipinski definition) is 1. The molecule has 1 fully saturated rings. The molecule has 2 rings (SSSR count). The highest BCUT2D eigenvalue weighted by Gasteiger charge is 2.43. The Balaban J connectivity index is 2.31. The second-order valence-electron chi connectivity index (χ2n) is 5.60. The number of rotatable bonds is 5. The van der Waals surface area contributed by atoms with Crippen molar-refractivity contribution in [3.63, 3.8) is 0 Å². The standard InChI is InChI=1S/C15H18N4O4/c1-9(2)11-8-23-15(22)19(11)14(21)12(17-18-16)13(20)10-6-4-3-5-7-10/h3-7,9,11-13,20H,8H2,1-2H3/t11-,12+,13+/m0/s1. The van der Waals surface area contributed by atoms with E-state index in [1.807, 2.05) is 13.8 Å². The van der Waals surface area contributed by atoms with Crippen molar-refractivity contribution in [2.75, 3.05) is 6.61 Å². The van der Waals surface area contributed by atoms with Gasteiger partial charge in [0, 0.05) is 4.91 Å². The number of imide groups is 1. The molecule has 0 unspecified atom stereocenters. The van der Waals surface area contributed by atoms with Crippen molar-refractivity contribution in [1.82, 2.24) is 4.90 Å². The summed E-state index contributed by atoms with van der Waals surface area (Å²) in [7, 11) is 0. The third-order valence-corrected chi connectivity index (χ3v) is 3.78. The number of cyclic esters (lactones) is 1. The first-order valence-electron chi connectivity index (χ1n) is 7.24. The van der Waals surface area contributed by atoms with Crippen LogP contribution in [0.3, 0.4) is 0 Å². The smallest absolute Gasteiger partial charge is 0.416 e. The molecular formula is C15H18N4O4. The topological polar surface area (TPSA) is 116 Å². The number of aliphatic hydroxyl groups excluding tert-OH is 1. The maximum absolute atomic E-state index is 12.7. The fourth-order valence-electron chi connectivity index (χ4n) is 2.46. The molecule has 23 heavy (non-hydrogen) atoms. The van der Waals surface area contributed by atoms with Crippen LogP contribution in [0.2, 0.25) is 0 Å². The van der Waals surface area contributed by atoms with Crippen LogP contribution in [0.15, 0.2) is 35.4 Å². The lowest BCUT2D eigenvalue weighted by molar-refractivity contribution is -0.133. The van der Waals surface area contributed by atoms with Gasteiger partial charge in [0.1, 0.15) is 12.6 Å². The van der Waals surface area contributed by atoms with Crippen molar-refractivity contribution in [2.24, 2.45) is 11.0 Å². The van der Waals surface area contributed by atoms with Gasteiger partial charge in [0.15, 0.2) is 0 Å². The lowest BCUT2D eigenvalue weighted by atomic mass is 9.99. The first-order valence-corrected chi connectivity index (χ1v) is 7.24. The average molecular weight is 318 g/mol. The Morgan fingerprint density at radius 2 is 2.09 bits per heavy atom. The maximum atomic E-state index is 12.7. The van der Waals surface area contributed by atoms with E-state index in [4.69, 9.17) is 10.3 Å². The van der Waals surface area contributed by atoms with Gasteiger partial charge in [-0.15, -0.1) is 0 Å². The van der Waals surface area contributed by atoms with Crippen molar-refractivity contribution >= 4 is 12.0 Å². The number of hydrogen-bond acceptors (Lipinski definition) is 5. The normalized spacial score (nSPS) is 19.9. The zero-order valence-electron chi connectivity index (χ0n) is 12.9. The molecule has 122 valence electrons. The number of carbonyl (C=O) groups is 2. The number of nitrogens with zero attached hydrogens (tertiary/aromatic N) is 4. The highest BCUT2D eigenvalue weighted by atomic mass is 16.6. The second-order valence-corrected chi connectivity index (χ2v) is 5.60. The minimum absolute atomic E-state index is 0.0222. The summed E-state index contributed by atoms with van der Waals surface area (Å²) in [6, 6.07) is 6.48. The summed E-state index contributed by atoms with van der Waals surface area (Å²) in [5.41, 5.74) is 9.15. The van der Waals surface area contributed by atoms with Gasteiger partial charge in [-0.1, -0.05) is 49.3 Å². The average Bonchev–Trinajstić information content (AvgIpc) is 2.94. The van der Waals surface area contributed by atoms with E-state index in [-0.39, 0.29) is 12.5 Å². The van der Waals surface area contributed by atoms with Crippen LogP contribution in [0, 0.1) is 5.92 Å². The van der Waals surface area contributed by atoms with Gasteiger partial charge in [0.05, 0.1) is 12.1 Å². The number of amides is 2. The van der Waals surface area contributed by atoms with E-state index in [0.29, 0.717) is 5.56 Å². The van der Waals surface area contributed by atoms with Crippen LogP contribution in [-0.2, 0) is 9.53 Å². The molecule has 1 saturated heterocycles. The van der Waals surface area contributed by atoms with Gasteiger partial charge in [-0.05, 0) is 17.0 Å². The van der Waals surface area contributed by atoms with Crippen LogP contribution in [0.4, 0.5) is 4.79 Å². The molecule has 2 amide bonds.